The number of amides is 7. The van der Waals surface area contributed by atoms with Crippen molar-refractivity contribution in [1.29, 1.82) is 0 Å². The van der Waals surface area contributed by atoms with Gasteiger partial charge in [0.25, 0.3) is 0 Å². The number of aliphatic hydroxyl groups is 1. The van der Waals surface area contributed by atoms with E-state index in [1.54, 1.807) is 0 Å². The standard InChI is InChI=1S/C32H50N7O12P/c1-17(2)15-24(37-29(44)23(35-19(4)41)16-20-8-10-21(11-9-20)51-52(48,49)50)32(47)39-14-6-7-25(39)30(45)36-22(12-13-26(33)42)31(46)38(5)27(18(3)40)28(34)43/h8-11,17-18,22-25,27,40H,6-7,12-16H2,1-5H3,(H2,33,42)(H2,34,43)(H,35,41)(H,36,45)(H,37,44)(H2,48,49,50)/t18-,22+,23+,24+,25+,27+/m1/s1. The summed E-state index contributed by atoms with van der Waals surface area (Å²) >= 11 is 0. The van der Waals surface area contributed by atoms with Gasteiger partial charge in [0.1, 0.15) is 36.0 Å². The molecule has 10 N–H and O–H groups in total. The van der Waals surface area contributed by atoms with Crippen LogP contribution in [-0.2, 0) is 44.5 Å². The highest BCUT2D eigenvalue weighted by Gasteiger charge is 2.41. The molecule has 1 saturated heterocycles. The minimum Gasteiger partial charge on any atom is -0.404 e. The molecule has 1 fully saturated rings. The molecule has 1 aromatic carbocycles. The number of primary amides is 2. The zero-order valence-corrected chi connectivity index (χ0v) is 30.7. The van der Waals surface area contributed by atoms with E-state index in [9.17, 15) is 43.2 Å². The maximum atomic E-state index is 14.0. The number of carbonyl (C=O) groups excluding carboxylic acids is 7. The van der Waals surface area contributed by atoms with Gasteiger partial charge in [0, 0.05) is 33.4 Å². The molecule has 290 valence electrons. The zero-order valence-electron chi connectivity index (χ0n) is 29.8. The molecule has 7 amide bonds. The van der Waals surface area contributed by atoms with Crippen LogP contribution in [0.2, 0.25) is 0 Å². The number of aliphatic hydroxyl groups excluding tert-OH is 1. The van der Waals surface area contributed by atoms with Gasteiger partial charge in [0.2, 0.25) is 41.4 Å². The van der Waals surface area contributed by atoms with Crippen molar-refractivity contribution < 1.29 is 57.5 Å². The summed E-state index contributed by atoms with van der Waals surface area (Å²) in [6, 6.07) is -0.690. The second kappa shape index (κ2) is 19.3. The molecule has 52 heavy (non-hydrogen) atoms. The van der Waals surface area contributed by atoms with Crippen molar-refractivity contribution in [3.63, 3.8) is 0 Å². The van der Waals surface area contributed by atoms with E-state index in [0.29, 0.717) is 12.0 Å². The number of likely N-dealkylation sites (tertiary alicyclic amines) is 1. The molecule has 1 aliphatic rings. The number of hydrogen-bond acceptors (Lipinski definition) is 10. The van der Waals surface area contributed by atoms with E-state index in [1.165, 1.54) is 50.1 Å². The minimum absolute atomic E-state index is 0.0558. The second-order valence-corrected chi connectivity index (χ2v) is 14.3. The van der Waals surface area contributed by atoms with E-state index in [2.05, 4.69) is 20.5 Å². The largest absolute Gasteiger partial charge is 0.524 e. The molecule has 1 heterocycles. The maximum absolute atomic E-state index is 14.0. The summed E-state index contributed by atoms with van der Waals surface area (Å²) in [5.41, 5.74) is 11.2. The quantitative estimate of drug-likeness (QED) is 0.0724. The van der Waals surface area contributed by atoms with Crippen molar-refractivity contribution in [3.8, 4) is 5.75 Å². The Morgan fingerprint density at radius 2 is 1.60 bits per heavy atom. The van der Waals surface area contributed by atoms with Gasteiger partial charge in [0.15, 0.2) is 0 Å². The smallest absolute Gasteiger partial charge is 0.404 e. The number of phosphoric ester groups is 1. The highest BCUT2D eigenvalue weighted by molar-refractivity contribution is 7.46. The first kappa shape index (κ1) is 43.6. The van der Waals surface area contributed by atoms with Gasteiger partial charge in [-0.15, -0.1) is 0 Å². The van der Waals surface area contributed by atoms with E-state index in [1.807, 2.05) is 13.8 Å². The Labute approximate surface area is 301 Å². The molecule has 0 unspecified atom stereocenters. The number of benzene rings is 1. The lowest BCUT2D eigenvalue weighted by molar-refractivity contribution is -0.146. The van der Waals surface area contributed by atoms with Gasteiger partial charge in [-0.2, -0.15) is 0 Å². The summed E-state index contributed by atoms with van der Waals surface area (Å²) in [4.78, 5) is 110. The number of nitrogens with one attached hydrogen (secondary N) is 3. The number of nitrogens with two attached hydrogens (primary N) is 2. The lowest BCUT2D eigenvalue weighted by Gasteiger charge is -2.33. The van der Waals surface area contributed by atoms with Crippen molar-refractivity contribution in [2.45, 2.75) is 103 Å². The van der Waals surface area contributed by atoms with Gasteiger partial charge < -0.3 is 46.8 Å². The molecular formula is C32H50N7O12P. The van der Waals surface area contributed by atoms with E-state index < -0.39 is 85.5 Å². The summed E-state index contributed by atoms with van der Waals surface area (Å²) in [5, 5.41) is 17.9. The van der Waals surface area contributed by atoms with E-state index >= 15 is 0 Å². The Morgan fingerprint density at radius 3 is 2.10 bits per heavy atom. The predicted molar refractivity (Wildman–Crippen MR) is 184 cm³/mol. The zero-order chi connectivity index (χ0) is 39.5. The van der Waals surface area contributed by atoms with Gasteiger partial charge in [-0.25, -0.2) is 4.57 Å². The summed E-state index contributed by atoms with van der Waals surface area (Å²) in [6.07, 6.45) is -1.18. The van der Waals surface area contributed by atoms with Crippen LogP contribution in [0.25, 0.3) is 0 Å². The molecule has 1 aliphatic heterocycles. The predicted octanol–water partition coefficient (Wildman–Crippen LogP) is -1.83. The summed E-state index contributed by atoms with van der Waals surface area (Å²) < 4.78 is 15.7. The van der Waals surface area contributed by atoms with Crippen LogP contribution in [0.1, 0.15) is 65.4 Å². The Kier molecular flexibility index (Phi) is 16.2. The third-order valence-corrected chi connectivity index (χ3v) is 8.70. The van der Waals surface area contributed by atoms with Gasteiger partial charge in [0.05, 0.1) is 6.10 Å². The molecule has 20 heteroatoms. The molecule has 0 saturated carbocycles. The monoisotopic (exact) mass is 755 g/mol. The molecule has 2 rings (SSSR count). The van der Waals surface area contributed by atoms with E-state index in [4.69, 9.17) is 21.3 Å². The van der Waals surface area contributed by atoms with E-state index in [0.717, 1.165) is 4.90 Å². The first-order valence-corrected chi connectivity index (χ1v) is 18.2. The fourth-order valence-corrected chi connectivity index (χ4v) is 6.33. The Hall–Kier alpha value is -4.58. The van der Waals surface area contributed by atoms with Crippen molar-refractivity contribution in [3.05, 3.63) is 29.8 Å². The highest BCUT2D eigenvalue weighted by atomic mass is 31.2. The van der Waals surface area contributed by atoms with Crippen LogP contribution < -0.4 is 31.9 Å². The number of rotatable bonds is 19. The lowest BCUT2D eigenvalue weighted by atomic mass is 10.00. The van der Waals surface area contributed by atoms with Crippen molar-refractivity contribution in [2.24, 2.45) is 17.4 Å². The van der Waals surface area contributed by atoms with E-state index in [-0.39, 0.29) is 50.3 Å². The number of phosphoric acid groups is 1. The topological polar surface area (TPSA) is 301 Å². The molecule has 0 radical (unpaired) electrons. The van der Waals surface area contributed by atoms with Crippen LogP contribution in [-0.4, -0.2) is 116 Å². The van der Waals surface area contributed by atoms with Crippen LogP contribution in [0.4, 0.5) is 0 Å². The summed E-state index contributed by atoms with van der Waals surface area (Å²) in [6.45, 7) is 6.26. The van der Waals surface area contributed by atoms with Crippen molar-refractivity contribution >= 4 is 49.2 Å². The number of hydrogen-bond donors (Lipinski definition) is 8. The molecule has 0 spiro atoms. The first-order chi connectivity index (χ1) is 24.1. The highest BCUT2D eigenvalue weighted by Crippen LogP contribution is 2.37. The van der Waals surface area contributed by atoms with Crippen molar-refractivity contribution in [1.82, 2.24) is 25.8 Å². The average Bonchev–Trinajstić information content (AvgIpc) is 3.51. The minimum atomic E-state index is -4.79. The summed E-state index contributed by atoms with van der Waals surface area (Å²) in [7, 11) is -3.58. The SMILES string of the molecule is CC(=O)N[C@@H](Cc1ccc(OP(=O)(O)O)cc1)C(=O)N[C@@H](CC(C)C)C(=O)N1CCC[C@H]1C(=O)N[C@@H](CCC(N)=O)C(=O)N(C)[C@H](C(N)=O)[C@@H](C)O. The molecular weight excluding hydrogens is 705 g/mol. The van der Waals surface area contributed by atoms with Crippen LogP contribution in [0.5, 0.6) is 5.75 Å². The van der Waals surface area contributed by atoms with Crippen LogP contribution in [0.3, 0.4) is 0 Å². The Morgan fingerprint density at radius 1 is 0.981 bits per heavy atom. The second-order valence-electron chi connectivity index (χ2n) is 13.2. The fourth-order valence-electron chi connectivity index (χ4n) is 5.93. The van der Waals surface area contributed by atoms with Gasteiger partial charge in [-0.3, -0.25) is 43.3 Å². The first-order valence-electron chi connectivity index (χ1n) is 16.7. The average molecular weight is 756 g/mol. The number of carbonyl (C=O) groups is 7. The third kappa shape index (κ3) is 13.5. The molecule has 1 aromatic rings. The molecule has 0 aromatic heterocycles. The third-order valence-electron chi connectivity index (χ3n) is 8.25. The van der Waals surface area contributed by atoms with Crippen LogP contribution in [0, 0.1) is 5.92 Å². The normalized spacial score (nSPS) is 17.2. The van der Waals surface area contributed by atoms with Gasteiger partial charge >= 0.3 is 7.82 Å². The van der Waals surface area contributed by atoms with Gasteiger partial charge in [-0.1, -0.05) is 26.0 Å². The molecule has 0 bridgehead atoms. The Bertz CT molecular complexity index is 1520. The van der Waals surface area contributed by atoms with Crippen LogP contribution >= 0.6 is 7.82 Å². The molecule has 6 atom stereocenters. The van der Waals surface area contributed by atoms with Crippen LogP contribution in [0.15, 0.2) is 24.3 Å². The number of nitrogens with zero attached hydrogens (tertiary/aromatic N) is 2. The molecule has 0 aliphatic carbocycles. The molecule has 19 nitrogen and oxygen atoms in total. The maximum Gasteiger partial charge on any atom is 0.524 e. The number of likely N-dealkylation sites (N-methyl/N-ethyl adjacent to an activating group) is 1. The Balaban J connectivity index is 2.29. The van der Waals surface area contributed by atoms with Gasteiger partial charge in [-0.05, 0) is 56.2 Å². The fraction of sp³-hybridized carbons (Fsp3) is 0.594. The summed E-state index contributed by atoms with van der Waals surface area (Å²) in [5.74, 6) is -5.36. The van der Waals surface area contributed by atoms with Crippen molar-refractivity contribution in [2.75, 3.05) is 13.6 Å². The lowest BCUT2D eigenvalue weighted by Crippen LogP contribution is -2.60.